The summed E-state index contributed by atoms with van der Waals surface area (Å²) >= 11 is 7.09. The Balaban J connectivity index is 1.64. The van der Waals surface area contributed by atoms with E-state index in [9.17, 15) is 19.7 Å². The van der Waals surface area contributed by atoms with Gasteiger partial charge in [0.2, 0.25) is 0 Å². The Labute approximate surface area is 242 Å². The molecule has 0 N–H and O–H groups in total. The first kappa shape index (κ1) is 28.1. The minimum Gasteiger partial charge on any atom is -0.494 e. The highest BCUT2D eigenvalue weighted by atomic mass is 35.5. The highest BCUT2D eigenvalue weighted by Gasteiger charge is 2.35. The lowest BCUT2D eigenvalue weighted by atomic mass is 9.95. The molecular weight excluding hydrogens is 570 g/mol. The molecule has 10 nitrogen and oxygen atoms in total. The van der Waals surface area contributed by atoms with E-state index in [0.717, 1.165) is 11.3 Å². The molecule has 0 bridgehead atoms. The van der Waals surface area contributed by atoms with Gasteiger partial charge in [0.05, 0.1) is 33.9 Å². The van der Waals surface area contributed by atoms with Gasteiger partial charge in [0.1, 0.15) is 28.3 Å². The number of nitro groups is 1. The Hall–Kier alpha value is -4.48. The van der Waals surface area contributed by atoms with Crippen LogP contribution in [-0.2, 0) is 9.53 Å². The number of rotatable bonds is 8. The monoisotopic (exact) mass is 593 g/mol. The third-order valence-corrected chi connectivity index (χ3v) is 7.66. The molecule has 0 saturated carbocycles. The number of fused-ring (bicyclic) bond motifs is 1. The number of halogens is 1. The van der Waals surface area contributed by atoms with Crippen LogP contribution in [0.3, 0.4) is 0 Å². The summed E-state index contributed by atoms with van der Waals surface area (Å²) in [5, 5.41) is 11.3. The van der Waals surface area contributed by atoms with Crippen LogP contribution in [0.5, 0.6) is 5.75 Å². The first-order valence-corrected chi connectivity index (χ1v) is 13.9. The summed E-state index contributed by atoms with van der Waals surface area (Å²) in [6.07, 6.45) is 1.58. The van der Waals surface area contributed by atoms with Crippen molar-refractivity contribution < 1.29 is 23.6 Å². The van der Waals surface area contributed by atoms with Crippen molar-refractivity contribution in [3.8, 4) is 17.1 Å². The predicted octanol–water partition coefficient (Wildman–Crippen LogP) is 5.02. The first-order chi connectivity index (χ1) is 19.7. The van der Waals surface area contributed by atoms with Crippen LogP contribution in [0, 0.1) is 10.1 Å². The van der Waals surface area contributed by atoms with Crippen molar-refractivity contribution in [3.63, 3.8) is 0 Å². The summed E-state index contributed by atoms with van der Waals surface area (Å²) in [5.74, 6) is 0.703. The van der Waals surface area contributed by atoms with Crippen molar-refractivity contribution in [1.29, 1.82) is 0 Å². The fourth-order valence-corrected chi connectivity index (χ4v) is 5.81. The largest absolute Gasteiger partial charge is 0.494 e. The number of hydrogen-bond acceptors (Lipinski definition) is 9. The van der Waals surface area contributed by atoms with E-state index in [1.807, 2.05) is 25.1 Å². The number of ether oxygens (including phenoxy) is 2. The van der Waals surface area contributed by atoms with Crippen LogP contribution in [-0.4, -0.2) is 28.7 Å². The SMILES string of the molecule is CCOC(=O)C1=C(C)N=c2s/c(=C\c3ccc(-c4ccc(Cl)c([N+](=O)[O-])c4)o3)c(=O)n2[C@@H]1c1ccccc1OCC. The molecule has 1 atom stereocenters. The second kappa shape index (κ2) is 11.6. The molecule has 4 aromatic rings. The van der Waals surface area contributed by atoms with Gasteiger partial charge in [-0.25, -0.2) is 9.79 Å². The highest BCUT2D eigenvalue weighted by molar-refractivity contribution is 7.07. The molecule has 210 valence electrons. The zero-order chi connectivity index (χ0) is 29.3. The molecule has 1 aliphatic heterocycles. The fourth-order valence-electron chi connectivity index (χ4n) is 4.60. The number of benzene rings is 2. The van der Waals surface area contributed by atoms with Crippen LogP contribution in [0.25, 0.3) is 17.4 Å². The minimum atomic E-state index is -0.822. The zero-order valence-electron chi connectivity index (χ0n) is 22.3. The lowest BCUT2D eigenvalue weighted by Gasteiger charge is -2.26. The summed E-state index contributed by atoms with van der Waals surface area (Å²) in [4.78, 5) is 42.7. The molecule has 3 heterocycles. The van der Waals surface area contributed by atoms with E-state index in [-0.39, 0.29) is 28.4 Å². The average molecular weight is 594 g/mol. The van der Waals surface area contributed by atoms with Gasteiger partial charge in [0.15, 0.2) is 4.80 Å². The number of nitro benzene ring substituents is 1. The second-order valence-corrected chi connectivity index (χ2v) is 10.3. The maximum absolute atomic E-state index is 13.9. The number of para-hydroxylation sites is 1. The maximum atomic E-state index is 13.9. The third-order valence-electron chi connectivity index (χ3n) is 6.36. The van der Waals surface area contributed by atoms with Crippen LogP contribution in [0.1, 0.15) is 38.1 Å². The van der Waals surface area contributed by atoms with Crippen LogP contribution < -0.4 is 19.6 Å². The van der Waals surface area contributed by atoms with Crippen LogP contribution >= 0.6 is 22.9 Å². The highest BCUT2D eigenvalue weighted by Crippen LogP contribution is 2.36. The van der Waals surface area contributed by atoms with E-state index in [0.29, 0.717) is 50.0 Å². The Kier molecular flexibility index (Phi) is 7.91. The summed E-state index contributed by atoms with van der Waals surface area (Å²) in [6, 6.07) is 14.1. The van der Waals surface area contributed by atoms with E-state index in [2.05, 4.69) is 4.99 Å². The molecule has 1 aliphatic rings. The van der Waals surface area contributed by atoms with Gasteiger partial charge in [-0.1, -0.05) is 41.1 Å². The molecule has 0 unspecified atom stereocenters. The smallest absolute Gasteiger partial charge is 0.338 e. The van der Waals surface area contributed by atoms with Crippen LogP contribution in [0.4, 0.5) is 5.69 Å². The number of nitrogens with zero attached hydrogens (tertiary/aromatic N) is 3. The number of thiazole rings is 1. The van der Waals surface area contributed by atoms with E-state index < -0.39 is 16.9 Å². The van der Waals surface area contributed by atoms with Gasteiger partial charge in [0, 0.05) is 23.3 Å². The van der Waals surface area contributed by atoms with Crippen molar-refractivity contribution in [1.82, 2.24) is 4.57 Å². The normalized spacial score (nSPS) is 14.9. The predicted molar refractivity (Wildman–Crippen MR) is 154 cm³/mol. The van der Waals surface area contributed by atoms with Crippen molar-refractivity contribution in [2.75, 3.05) is 13.2 Å². The topological polar surface area (TPSA) is 126 Å². The molecule has 0 spiro atoms. The Morgan fingerprint density at radius 3 is 2.71 bits per heavy atom. The molecule has 0 saturated heterocycles. The molecular formula is C29H24ClN3O7S. The summed E-state index contributed by atoms with van der Waals surface area (Å²) in [7, 11) is 0. The number of aromatic nitrogens is 1. The molecule has 2 aromatic carbocycles. The lowest BCUT2D eigenvalue weighted by Crippen LogP contribution is -2.40. The van der Waals surface area contributed by atoms with E-state index in [1.165, 1.54) is 16.7 Å². The van der Waals surface area contributed by atoms with Gasteiger partial charge in [-0.05, 0) is 51.1 Å². The molecule has 5 rings (SSSR count). The average Bonchev–Trinajstić information content (AvgIpc) is 3.53. The Bertz CT molecular complexity index is 1890. The van der Waals surface area contributed by atoms with Gasteiger partial charge in [-0.3, -0.25) is 19.5 Å². The van der Waals surface area contributed by atoms with Gasteiger partial charge >= 0.3 is 5.97 Å². The molecule has 12 heteroatoms. The van der Waals surface area contributed by atoms with Crippen molar-refractivity contribution in [2.24, 2.45) is 4.99 Å². The maximum Gasteiger partial charge on any atom is 0.338 e. The fraction of sp³-hybridized carbons (Fsp3) is 0.207. The standard InChI is InChI=1S/C29H24ClN3O7S/c1-4-38-23-9-7-6-8-19(23)26-25(28(35)39-5-2)16(3)31-29-32(26)27(34)24(41-29)15-18-11-13-22(40-18)17-10-12-20(30)21(14-17)33(36)37/h6-15,26H,4-5H2,1-3H3/b24-15-/t26-/m1/s1. The first-order valence-electron chi connectivity index (χ1n) is 12.7. The quantitative estimate of drug-likeness (QED) is 0.159. The van der Waals surface area contributed by atoms with Crippen molar-refractivity contribution >= 4 is 40.7 Å². The summed E-state index contributed by atoms with van der Waals surface area (Å²) in [5.41, 5.74) is 1.17. The molecule has 0 radical (unpaired) electrons. The Morgan fingerprint density at radius 2 is 1.98 bits per heavy atom. The number of furan rings is 1. The van der Waals surface area contributed by atoms with E-state index >= 15 is 0 Å². The van der Waals surface area contributed by atoms with Crippen molar-refractivity contribution in [2.45, 2.75) is 26.8 Å². The number of carbonyl (C=O) groups is 1. The Morgan fingerprint density at radius 1 is 1.20 bits per heavy atom. The van der Waals surface area contributed by atoms with Gasteiger partial charge in [-0.15, -0.1) is 0 Å². The summed E-state index contributed by atoms with van der Waals surface area (Å²) < 4.78 is 18.9. The number of esters is 1. The van der Waals surface area contributed by atoms with Crippen LogP contribution in [0.15, 0.2) is 80.1 Å². The number of carbonyl (C=O) groups excluding carboxylic acids is 1. The molecule has 0 amide bonds. The van der Waals surface area contributed by atoms with Crippen LogP contribution in [0.2, 0.25) is 5.02 Å². The molecule has 2 aromatic heterocycles. The van der Waals surface area contributed by atoms with Crippen molar-refractivity contribution in [3.05, 3.63) is 112 Å². The molecule has 0 aliphatic carbocycles. The van der Waals surface area contributed by atoms with Gasteiger partial charge < -0.3 is 13.9 Å². The lowest BCUT2D eigenvalue weighted by molar-refractivity contribution is -0.384. The van der Waals surface area contributed by atoms with E-state index in [4.69, 9.17) is 25.5 Å². The zero-order valence-corrected chi connectivity index (χ0v) is 23.8. The van der Waals surface area contributed by atoms with E-state index in [1.54, 1.807) is 44.2 Å². The second-order valence-electron chi connectivity index (χ2n) is 8.90. The minimum absolute atomic E-state index is 0.0181. The van der Waals surface area contributed by atoms with Gasteiger partial charge in [0.25, 0.3) is 11.2 Å². The molecule has 0 fully saturated rings. The summed E-state index contributed by atoms with van der Waals surface area (Å²) in [6.45, 7) is 5.84. The van der Waals surface area contributed by atoms with Gasteiger partial charge in [-0.2, -0.15) is 0 Å². The molecule has 41 heavy (non-hydrogen) atoms. The third kappa shape index (κ3) is 5.33. The number of hydrogen-bond donors (Lipinski definition) is 0. The number of allylic oxidation sites excluding steroid dienone is 1.